The first-order chi connectivity index (χ1) is 8.16. The molecule has 1 aromatic carbocycles. The third kappa shape index (κ3) is 2.63. The number of hydrogen-bond acceptors (Lipinski definition) is 3. The lowest BCUT2D eigenvalue weighted by atomic mass is 10.1. The van der Waals surface area contributed by atoms with E-state index in [9.17, 15) is 4.79 Å². The van der Waals surface area contributed by atoms with Crippen LogP contribution in [0, 0.1) is 0 Å². The molecule has 5 nitrogen and oxygen atoms in total. The summed E-state index contributed by atoms with van der Waals surface area (Å²) in [6, 6.07) is 9.13. The first-order valence-electron chi connectivity index (χ1n) is 5.28. The summed E-state index contributed by atoms with van der Waals surface area (Å²) in [7, 11) is 1.85. The van der Waals surface area contributed by atoms with E-state index in [1.54, 1.807) is 16.8 Å². The standard InChI is InChI=1S/C12H14N4O/c1-16-7-6-11(15-16)14-8-9-4-2-3-5-10(9)12(13)17/h2-7H,8H2,1H3,(H2,13,17)(H,14,15). The molecule has 2 aromatic rings. The van der Waals surface area contributed by atoms with Gasteiger partial charge in [0.2, 0.25) is 5.91 Å². The van der Waals surface area contributed by atoms with Crippen molar-refractivity contribution >= 4 is 11.7 Å². The fraction of sp³-hybridized carbons (Fsp3) is 0.167. The van der Waals surface area contributed by atoms with Gasteiger partial charge in [-0.2, -0.15) is 5.10 Å². The van der Waals surface area contributed by atoms with Crippen LogP contribution >= 0.6 is 0 Å². The Morgan fingerprint density at radius 3 is 2.82 bits per heavy atom. The molecule has 1 aromatic heterocycles. The molecular weight excluding hydrogens is 216 g/mol. The smallest absolute Gasteiger partial charge is 0.249 e. The highest BCUT2D eigenvalue weighted by atomic mass is 16.1. The van der Waals surface area contributed by atoms with Gasteiger partial charge in [-0.25, -0.2) is 0 Å². The number of anilines is 1. The Morgan fingerprint density at radius 1 is 1.41 bits per heavy atom. The van der Waals surface area contributed by atoms with Crippen molar-refractivity contribution in [2.75, 3.05) is 5.32 Å². The highest BCUT2D eigenvalue weighted by Crippen LogP contribution is 2.10. The van der Waals surface area contributed by atoms with Gasteiger partial charge in [-0.1, -0.05) is 18.2 Å². The largest absolute Gasteiger partial charge is 0.366 e. The van der Waals surface area contributed by atoms with E-state index in [0.29, 0.717) is 12.1 Å². The van der Waals surface area contributed by atoms with Gasteiger partial charge in [0.05, 0.1) is 0 Å². The molecule has 5 heteroatoms. The Morgan fingerprint density at radius 2 is 2.18 bits per heavy atom. The Balaban J connectivity index is 2.11. The molecular formula is C12H14N4O. The summed E-state index contributed by atoms with van der Waals surface area (Å²) < 4.78 is 1.71. The van der Waals surface area contributed by atoms with Crippen molar-refractivity contribution in [3.63, 3.8) is 0 Å². The van der Waals surface area contributed by atoms with Crippen molar-refractivity contribution in [3.05, 3.63) is 47.7 Å². The van der Waals surface area contributed by atoms with Crippen molar-refractivity contribution in [1.82, 2.24) is 9.78 Å². The first-order valence-corrected chi connectivity index (χ1v) is 5.28. The molecule has 0 atom stereocenters. The molecule has 88 valence electrons. The minimum absolute atomic E-state index is 0.413. The molecule has 0 aliphatic rings. The lowest BCUT2D eigenvalue weighted by Crippen LogP contribution is -2.15. The van der Waals surface area contributed by atoms with Gasteiger partial charge < -0.3 is 11.1 Å². The molecule has 0 aliphatic carbocycles. The third-order valence-electron chi connectivity index (χ3n) is 2.46. The molecule has 0 radical (unpaired) electrons. The van der Waals surface area contributed by atoms with Crippen LogP contribution in [0.15, 0.2) is 36.5 Å². The maximum atomic E-state index is 11.2. The number of benzene rings is 1. The zero-order valence-electron chi connectivity index (χ0n) is 9.55. The number of carbonyl (C=O) groups excluding carboxylic acids is 1. The molecule has 0 spiro atoms. The van der Waals surface area contributed by atoms with Crippen LogP contribution in [0.2, 0.25) is 0 Å². The van der Waals surface area contributed by atoms with Crippen LogP contribution in [0.1, 0.15) is 15.9 Å². The van der Waals surface area contributed by atoms with Crippen LogP contribution in [-0.4, -0.2) is 15.7 Å². The van der Waals surface area contributed by atoms with E-state index in [0.717, 1.165) is 11.4 Å². The zero-order chi connectivity index (χ0) is 12.3. The fourth-order valence-electron chi connectivity index (χ4n) is 1.61. The fourth-order valence-corrected chi connectivity index (χ4v) is 1.61. The molecule has 1 heterocycles. The summed E-state index contributed by atoms with van der Waals surface area (Å²) >= 11 is 0. The Labute approximate surface area is 99.2 Å². The summed E-state index contributed by atoms with van der Waals surface area (Å²) in [6.07, 6.45) is 1.85. The molecule has 0 aliphatic heterocycles. The van der Waals surface area contributed by atoms with Crippen LogP contribution < -0.4 is 11.1 Å². The Kier molecular flexibility index (Phi) is 3.09. The number of aryl methyl sites for hydroxylation is 1. The van der Waals surface area contributed by atoms with Gasteiger partial charge >= 0.3 is 0 Å². The molecule has 0 saturated carbocycles. The van der Waals surface area contributed by atoms with E-state index in [2.05, 4.69) is 10.4 Å². The predicted octanol–water partition coefficient (Wildman–Crippen LogP) is 1.13. The van der Waals surface area contributed by atoms with E-state index < -0.39 is 5.91 Å². The number of primary amides is 1. The molecule has 17 heavy (non-hydrogen) atoms. The second kappa shape index (κ2) is 4.69. The highest BCUT2D eigenvalue weighted by molar-refractivity contribution is 5.94. The van der Waals surface area contributed by atoms with Crippen LogP contribution in [0.5, 0.6) is 0 Å². The van der Waals surface area contributed by atoms with Gasteiger partial charge in [0.15, 0.2) is 0 Å². The van der Waals surface area contributed by atoms with Crippen molar-refractivity contribution < 1.29 is 4.79 Å². The van der Waals surface area contributed by atoms with Crippen molar-refractivity contribution in [3.8, 4) is 0 Å². The summed E-state index contributed by atoms with van der Waals surface area (Å²) in [4.78, 5) is 11.2. The maximum Gasteiger partial charge on any atom is 0.249 e. The van der Waals surface area contributed by atoms with Gasteiger partial charge in [-0.05, 0) is 11.6 Å². The van der Waals surface area contributed by atoms with Crippen LogP contribution in [-0.2, 0) is 13.6 Å². The van der Waals surface area contributed by atoms with Gasteiger partial charge in [-0.3, -0.25) is 9.48 Å². The van der Waals surface area contributed by atoms with Crippen LogP contribution in [0.25, 0.3) is 0 Å². The average molecular weight is 230 g/mol. The maximum absolute atomic E-state index is 11.2. The van der Waals surface area contributed by atoms with Gasteiger partial charge in [0, 0.05) is 31.4 Å². The lowest BCUT2D eigenvalue weighted by molar-refractivity contribution is 0.0999. The number of nitrogens with two attached hydrogens (primary N) is 1. The molecule has 0 unspecified atom stereocenters. The molecule has 1 amide bonds. The second-order valence-electron chi connectivity index (χ2n) is 3.75. The van der Waals surface area contributed by atoms with Crippen LogP contribution in [0.3, 0.4) is 0 Å². The highest BCUT2D eigenvalue weighted by Gasteiger charge is 2.06. The lowest BCUT2D eigenvalue weighted by Gasteiger charge is -2.07. The summed E-state index contributed by atoms with van der Waals surface area (Å²) in [6.45, 7) is 0.524. The summed E-state index contributed by atoms with van der Waals surface area (Å²) in [5.74, 6) is 0.357. The van der Waals surface area contributed by atoms with Crippen molar-refractivity contribution in [1.29, 1.82) is 0 Å². The van der Waals surface area contributed by atoms with E-state index in [4.69, 9.17) is 5.73 Å². The van der Waals surface area contributed by atoms with Gasteiger partial charge in [-0.15, -0.1) is 0 Å². The molecule has 0 saturated heterocycles. The minimum Gasteiger partial charge on any atom is -0.366 e. The van der Waals surface area contributed by atoms with Crippen LogP contribution in [0.4, 0.5) is 5.82 Å². The summed E-state index contributed by atoms with van der Waals surface area (Å²) in [5.41, 5.74) is 6.71. The predicted molar refractivity (Wildman–Crippen MR) is 65.5 cm³/mol. The topological polar surface area (TPSA) is 72.9 Å². The van der Waals surface area contributed by atoms with Gasteiger partial charge in [0.25, 0.3) is 0 Å². The minimum atomic E-state index is -0.413. The van der Waals surface area contributed by atoms with Gasteiger partial charge in [0.1, 0.15) is 5.82 Å². The number of rotatable bonds is 4. The van der Waals surface area contributed by atoms with Crippen molar-refractivity contribution in [2.24, 2.45) is 12.8 Å². The third-order valence-corrected chi connectivity index (χ3v) is 2.46. The number of aromatic nitrogens is 2. The van der Waals surface area contributed by atoms with E-state index in [-0.39, 0.29) is 0 Å². The first kappa shape index (κ1) is 11.2. The summed E-state index contributed by atoms with van der Waals surface area (Å²) in [5, 5.41) is 7.33. The monoisotopic (exact) mass is 230 g/mol. The molecule has 3 N–H and O–H groups in total. The van der Waals surface area contributed by atoms with E-state index in [1.807, 2.05) is 31.4 Å². The number of hydrogen-bond donors (Lipinski definition) is 2. The van der Waals surface area contributed by atoms with E-state index >= 15 is 0 Å². The number of nitrogens with zero attached hydrogens (tertiary/aromatic N) is 2. The number of amides is 1. The quantitative estimate of drug-likeness (QED) is 0.827. The second-order valence-corrected chi connectivity index (χ2v) is 3.75. The molecule has 2 rings (SSSR count). The Bertz CT molecular complexity index is 533. The zero-order valence-corrected chi connectivity index (χ0v) is 9.55. The van der Waals surface area contributed by atoms with E-state index in [1.165, 1.54) is 0 Å². The number of carbonyl (C=O) groups is 1. The number of nitrogens with one attached hydrogen (secondary N) is 1. The SMILES string of the molecule is Cn1ccc(NCc2ccccc2C(N)=O)n1. The molecule has 0 fully saturated rings. The Hall–Kier alpha value is -2.30. The molecule has 0 bridgehead atoms. The van der Waals surface area contributed by atoms with Crippen molar-refractivity contribution in [2.45, 2.75) is 6.54 Å². The normalized spacial score (nSPS) is 10.2. The average Bonchev–Trinajstić information content (AvgIpc) is 2.73.